The summed E-state index contributed by atoms with van der Waals surface area (Å²) in [6, 6.07) is 4.81. The molecule has 1 saturated carbocycles. The van der Waals surface area contributed by atoms with Gasteiger partial charge in [0.15, 0.2) is 0 Å². The molecule has 1 aliphatic carbocycles. The third-order valence-electron chi connectivity index (χ3n) is 5.84. The maximum Gasteiger partial charge on any atom is 0.325 e. The Morgan fingerprint density at radius 3 is 2.62 bits per heavy atom. The Hall–Kier alpha value is -2.32. The zero-order chi connectivity index (χ0) is 20.4. The zero-order valence-corrected chi connectivity index (χ0v) is 17.0. The number of anilines is 2. The predicted molar refractivity (Wildman–Crippen MR) is 109 cm³/mol. The second-order valence-corrected chi connectivity index (χ2v) is 8.21. The number of nitrogens with one attached hydrogen (secondary N) is 2. The Bertz CT molecular complexity index is 819. The Balaban J connectivity index is 1.47. The van der Waals surface area contributed by atoms with Crippen LogP contribution in [0.15, 0.2) is 18.2 Å². The Morgan fingerprint density at radius 1 is 1.17 bits per heavy atom. The number of hydrogen-bond acceptors (Lipinski definition) is 5. The summed E-state index contributed by atoms with van der Waals surface area (Å²) < 4.78 is 5.39. The Morgan fingerprint density at radius 2 is 1.90 bits per heavy atom. The van der Waals surface area contributed by atoms with E-state index in [1.54, 1.807) is 12.1 Å². The minimum atomic E-state index is -0.829. The van der Waals surface area contributed by atoms with Crippen LogP contribution < -0.4 is 15.5 Å². The fourth-order valence-corrected chi connectivity index (χ4v) is 4.51. The number of ether oxygens (including phenoxy) is 1. The first kappa shape index (κ1) is 20.0. The molecule has 156 valence electrons. The minimum absolute atomic E-state index is 0.295. The number of urea groups is 1. The van der Waals surface area contributed by atoms with Gasteiger partial charge in [0.05, 0.1) is 24.6 Å². The van der Waals surface area contributed by atoms with Crippen LogP contribution in [0.1, 0.15) is 32.1 Å². The lowest BCUT2D eigenvalue weighted by atomic mass is 9.82. The number of rotatable bonds is 4. The van der Waals surface area contributed by atoms with Gasteiger partial charge in [-0.25, -0.2) is 4.79 Å². The summed E-state index contributed by atoms with van der Waals surface area (Å²) in [5.41, 5.74) is 0.570. The van der Waals surface area contributed by atoms with Crippen molar-refractivity contribution in [2.24, 2.45) is 0 Å². The molecule has 3 fully saturated rings. The molecule has 1 aromatic rings. The lowest BCUT2D eigenvalue weighted by Crippen LogP contribution is -2.48. The first-order valence-corrected chi connectivity index (χ1v) is 10.4. The fraction of sp³-hybridized carbons (Fsp3) is 0.550. The molecule has 0 radical (unpaired) electrons. The van der Waals surface area contributed by atoms with Gasteiger partial charge in [-0.2, -0.15) is 0 Å². The minimum Gasteiger partial charge on any atom is -0.378 e. The van der Waals surface area contributed by atoms with Gasteiger partial charge in [0.1, 0.15) is 12.1 Å². The van der Waals surface area contributed by atoms with E-state index in [2.05, 4.69) is 15.5 Å². The van der Waals surface area contributed by atoms with Gasteiger partial charge in [-0.05, 0) is 31.0 Å². The first-order valence-electron chi connectivity index (χ1n) is 10.0. The van der Waals surface area contributed by atoms with E-state index in [0.717, 1.165) is 29.8 Å². The standard InChI is InChI=1S/C20H25ClN4O4/c21-14-4-5-16(24-8-10-29-11-9-24)15(12-14)22-17(26)13-25-18(27)20(23-19(25)28)6-2-1-3-7-20/h4-5,12H,1-3,6-11,13H2,(H,22,26)(H,23,28). The van der Waals surface area contributed by atoms with Gasteiger partial charge in [0.25, 0.3) is 5.91 Å². The number of halogens is 1. The van der Waals surface area contributed by atoms with E-state index in [4.69, 9.17) is 16.3 Å². The van der Waals surface area contributed by atoms with E-state index < -0.39 is 17.5 Å². The molecule has 2 aliphatic heterocycles. The van der Waals surface area contributed by atoms with E-state index in [1.807, 2.05) is 6.07 Å². The van der Waals surface area contributed by atoms with Crippen molar-refractivity contribution in [1.29, 1.82) is 0 Å². The predicted octanol–water partition coefficient (Wildman–Crippen LogP) is 2.37. The lowest BCUT2D eigenvalue weighted by Gasteiger charge is -2.31. The molecular weight excluding hydrogens is 396 g/mol. The maximum atomic E-state index is 12.9. The average Bonchev–Trinajstić information content (AvgIpc) is 2.93. The number of carbonyl (C=O) groups is 3. The zero-order valence-electron chi connectivity index (χ0n) is 16.2. The van der Waals surface area contributed by atoms with Crippen molar-refractivity contribution < 1.29 is 19.1 Å². The molecule has 9 heteroatoms. The van der Waals surface area contributed by atoms with Gasteiger partial charge in [0.2, 0.25) is 5.91 Å². The van der Waals surface area contributed by atoms with Crippen LogP contribution in [0.4, 0.5) is 16.2 Å². The maximum absolute atomic E-state index is 12.9. The lowest BCUT2D eigenvalue weighted by molar-refractivity contribution is -0.134. The summed E-state index contributed by atoms with van der Waals surface area (Å²) in [6.45, 7) is 2.32. The number of nitrogens with zero attached hydrogens (tertiary/aromatic N) is 2. The van der Waals surface area contributed by atoms with E-state index in [0.29, 0.717) is 49.9 Å². The number of imide groups is 1. The highest BCUT2D eigenvalue weighted by Gasteiger charge is 2.51. The van der Waals surface area contributed by atoms with Crippen molar-refractivity contribution in [1.82, 2.24) is 10.2 Å². The van der Waals surface area contributed by atoms with E-state index in [1.165, 1.54) is 0 Å². The van der Waals surface area contributed by atoms with Gasteiger partial charge >= 0.3 is 6.03 Å². The fourth-order valence-electron chi connectivity index (χ4n) is 4.34. The molecule has 0 unspecified atom stereocenters. The molecular formula is C20H25ClN4O4. The van der Waals surface area contributed by atoms with Gasteiger partial charge in [-0.15, -0.1) is 0 Å². The summed E-state index contributed by atoms with van der Waals surface area (Å²) in [5.74, 6) is -0.727. The van der Waals surface area contributed by atoms with Crippen LogP contribution in [0.2, 0.25) is 5.02 Å². The molecule has 0 aromatic heterocycles. The molecule has 29 heavy (non-hydrogen) atoms. The molecule has 3 aliphatic rings. The topological polar surface area (TPSA) is 91.0 Å². The third-order valence-corrected chi connectivity index (χ3v) is 6.07. The SMILES string of the molecule is O=C(CN1C(=O)NC2(CCCCC2)C1=O)Nc1cc(Cl)ccc1N1CCOCC1. The molecule has 2 N–H and O–H groups in total. The van der Waals surface area contributed by atoms with Crippen LogP contribution >= 0.6 is 11.6 Å². The van der Waals surface area contributed by atoms with Gasteiger partial charge in [-0.1, -0.05) is 30.9 Å². The highest BCUT2D eigenvalue weighted by atomic mass is 35.5. The first-order chi connectivity index (χ1) is 14.0. The van der Waals surface area contributed by atoms with E-state index >= 15 is 0 Å². The number of hydrogen-bond donors (Lipinski definition) is 2. The van der Waals surface area contributed by atoms with Crippen LogP contribution in [-0.4, -0.2) is 61.1 Å². The van der Waals surface area contributed by atoms with Crippen molar-refractivity contribution in [3.63, 3.8) is 0 Å². The van der Waals surface area contributed by atoms with Crippen LogP contribution in [0, 0.1) is 0 Å². The van der Waals surface area contributed by atoms with Crippen LogP contribution in [0.3, 0.4) is 0 Å². The molecule has 1 spiro atoms. The van der Waals surface area contributed by atoms with Crippen molar-refractivity contribution in [3.8, 4) is 0 Å². The van der Waals surface area contributed by atoms with Crippen LogP contribution in [0.25, 0.3) is 0 Å². The number of morpholine rings is 1. The molecule has 0 atom stereocenters. The second kappa shape index (κ2) is 8.20. The van der Waals surface area contributed by atoms with Crippen LogP contribution in [0.5, 0.6) is 0 Å². The van der Waals surface area contributed by atoms with E-state index in [-0.39, 0.29) is 12.5 Å². The van der Waals surface area contributed by atoms with Crippen molar-refractivity contribution >= 4 is 40.8 Å². The second-order valence-electron chi connectivity index (χ2n) is 7.77. The smallest absolute Gasteiger partial charge is 0.325 e. The normalized spacial score (nSPS) is 21.4. The Labute approximate surface area is 174 Å². The van der Waals surface area contributed by atoms with Gasteiger partial charge in [-0.3, -0.25) is 14.5 Å². The molecule has 2 saturated heterocycles. The molecule has 1 aromatic carbocycles. The monoisotopic (exact) mass is 420 g/mol. The van der Waals surface area contributed by atoms with Gasteiger partial charge in [0, 0.05) is 18.1 Å². The summed E-state index contributed by atoms with van der Waals surface area (Å²) in [6.07, 6.45) is 4.12. The van der Waals surface area contributed by atoms with E-state index in [9.17, 15) is 14.4 Å². The van der Waals surface area contributed by atoms with Crippen molar-refractivity contribution in [2.75, 3.05) is 43.1 Å². The average molecular weight is 421 g/mol. The summed E-state index contributed by atoms with van der Waals surface area (Å²) >= 11 is 6.13. The third kappa shape index (κ3) is 4.04. The highest BCUT2D eigenvalue weighted by Crippen LogP contribution is 2.34. The molecule has 4 rings (SSSR count). The highest BCUT2D eigenvalue weighted by molar-refractivity contribution is 6.31. The van der Waals surface area contributed by atoms with Crippen molar-refractivity contribution in [3.05, 3.63) is 23.2 Å². The summed E-state index contributed by atoms with van der Waals surface area (Å²) in [5, 5.41) is 6.15. The molecule has 2 heterocycles. The van der Waals surface area contributed by atoms with Crippen LogP contribution in [-0.2, 0) is 14.3 Å². The van der Waals surface area contributed by atoms with Crippen molar-refractivity contribution in [2.45, 2.75) is 37.6 Å². The summed E-state index contributed by atoms with van der Waals surface area (Å²) in [4.78, 5) is 41.1. The quantitative estimate of drug-likeness (QED) is 0.730. The number of benzene rings is 1. The van der Waals surface area contributed by atoms with Gasteiger partial charge < -0.3 is 20.3 Å². The molecule has 0 bridgehead atoms. The number of carbonyl (C=O) groups excluding carboxylic acids is 3. The molecule has 8 nitrogen and oxygen atoms in total. The largest absolute Gasteiger partial charge is 0.378 e. The number of amides is 4. The molecule has 4 amide bonds. The Kier molecular flexibility index (Phi) is 5.65. The summed E-state index contributed by atoms with van der Waals surface area (Å²) in [7, 11) is 0.